The molecule has 3 N–H and O–H groups in total. The minimum atomic E-state index is -0.251. The molecule has 1 fully saturated rings. The van der Waals surface area contributed by atoms with Crippen LogP contribution in [-0.4, -0.2) is 17.2 Å². The smallest absolute Gasteiger partial charge is 0.0862 e. The Kier molecular flexibility index (Phi) is 3.22. The van der Waals surface area contributed by atoms with E-state index in [1.54, 1.807) is 0 Å². The standard InChI is InChI=1S/C15H19N3O/c1-15(8-4-10-19-15)14(18-16)12-5-2-7-13-11(12)6-3-9-17-13/h2-3,5-7,9,14,18H,4,8,10,16H2,1H3. The first-order chi connectivity index (χ1) is 9.24. The fourth-order valence-corrected chi connectivity index (χ4v) is 3.00. The summed E-state index contributed by atoms with van der Waals surface area (Å²) in [5.41, 5.74) is 4.83. The van der Waals surface area contributed by atoms with Crippen molar-refractivity contribution in [1.29, 1.82) is 0 Å². The summed E-state index contributed by atoms with van der Waals surface area (Å²) in [5.74, 6) is 5.81. The van der Waals surface area contributed by atoms with E-state index in [4.69, 9.17) is 10.6 Å². The zero-order valence-corrected chi connectivity index (χ0v) is 11.1. The molecule has 1 aromatic carbocycles. The number of benzene rings is 1. The van der Waals surface area contributed by atoms with Gasteiger partial charge in [0.25, 0.3) is 0 Å². The lowest BCUT2D eigenvalue weighted by Crippen LogP contribution is -2.44. The third-order valence-electron chi connectivity index (χ3n) is 4.02. The molecule has 2 aromatic rings. The summed E-state index contributed by atoms with van der Waals surface area (Å²) in [4.78, 5) is 4.40. The molecule has 100 valence electrons. The number of rotatable bonds is 3. The van der Waals surface area contributed by atoms with Crippen LogP contribution in [0.4, 0.5) is 0 Å². The van der Waals surface area contributed by atoms with E-state index < -0.39 is 0 Å². The Bertz CT molecular complexity index is 573. The van der Waals surface area contributed by atoms with Crippen molar-refractivity contribution in [3.8, 4) is 0 Å². The van der Waals surface area contributed by atoms with Crippen LogP contribution in [0.1, 0.15) is 31.4 Å². The molecule has 2 unspecified atom stereocenters. The number of nitrogens with zero attached hydrogens (tertiary/aromatic N) is 1. The molecule has 0 spiro atoms. The maximum absolute atomic E-state index is 5.93. The zero-order valence-electron chi connectivity index (χ0n) is 11.1. The van der Waals surface area contributed by atoms with E-state index in [2.05, 4.69) is 29.5 Å². The molecule has 0 aliphatic carbocycles. The number of nitrogens with one attached hydrogen (secondary N) is 1. The molecular formula is C15H19N3O. The Labute approximate surface area is 112 Å². The van der Waals surface area contributed by atoms with Gasteiger partial charge in [-0.1, -0.05) is 18.2 Å². The van der Waals surface area contributed by atoms with Gasteiger partial charge in [0, 0.05) is 18.2 Å². The molecule has 0 amide bonds. The summed E-state index contributed by atoms with van der Waals surface area (Å²) in [6.07, 6.45) is 3.90. The maximum atomic E-state index is 5.93. The number of hydrazine groups is 1. The molecule has 1 aliphatic rings. The number of ether oxygens (including phenoxy) is 1. The normalized spacial score (nSPS) is 24.7. The second-order valence-corrected chi connectivity index (χ2v) is 5.28. The summed E-state index contributed by atoms with van der Waals surface area (Å²) in [6, 6.07) is 10.2. The fraction of sp³-hybridized carbons (Fsp3) is 0.400. The van der Waals surface area contributed by atoms with Crippen LogP contribution < -0.4 is 11.3 Å². The molecule has 4 heteroatoms. The summed E-state index contributed by atoms with van der Waals surface area (Å²) < 4.78 is 5.93. The van der Waals surface area contributed by atoms with E-state index in [9.17, 15) is 0 Å². The zero-order chi connectivity index (χ0) is 13.3. The van der Waals surface area contributed by atoms with E-state index in [-0.39, 0.29) is 11.6 Å². The second-order valence-electron chi connectivity index (χ2n) is 5.28. The predicted molar refractivity (Wildman–Crippen MR) is 75.4 cm³/mol. The lowest BCUT2D eigenvalue weighted by Gasteiger charge is -2.33. The number of pyridine rings is 1. The minimum Gasteiger partial charge on any atom is -0.373 e. The highest BCUT2D eigenvalue weighted by Gasteiger charge is 2.39. The van der Waals surface area contributed by atoms with Crippen molar-refractivity contribution in [3.63, 3.8) is 0 Å². The molecule has 1 saturated heterocycles. The highest BCUT2D eigenvalue weighted by Crippen LogP contribution is 2.38. The first-order valence-electron chi connectivity index (χ1n) is 6.68. The van der Waals surface area contributed by atoms with Crippen molar-refractivity contribution < 1.29 is 4.74 Å². The van der Waals surface area contributed by atoms with E-state index in [0.717, 1.165) is 35.9 Å². The number of aromatic nitrogens is 1. The van der Waals surface area contributed by atoms with Crippen LogP contribution in [0.25, 0.3) is 10.9 Å². The van der Waals surface area contributed by atoms with Crippen molar-refractivity contribution in [2.24, 2.45) is 5.84 Å². The van der Waals surface area contributed by atoms with Gasteiger partial charge in [0.05, 0.1) is 17.2 Å². The van der Waals surface area contributed by atoms with Crippen LogP contribution >= 0.6 is 0 Å². The highest BCUT2D eigenvalue weighted by molar-refractivity contribution is 5.82. The van der Waals surface area contributed by atoms with E-state index in [1.165, 1.54) is 0 Å². The van der Waals surface area contributed by atoms with Gasteiger partial charge in [-0.15, -0.1) is 0 Å². The van der Waals surface area contributed by atoms with E-state index in [0.29, 0.717) is 0 Å². The Morgan fingerprint density at radius 2 is 2.26 bits per heavy atom. The van der Waals surface area contributed by atoms with E-state index in [1.807, 2.05) is 24.4 Å². The van der Waals surface area contributed by atoms with Gasteiger partial charge in [0.1, 0.15) is 0 Å². The number of nitrogens with two attached hydrogens (primary N) is 1. The van der Waals surface area contributed by atoms with Gasteiger partial charge in [-0.3, -0.25) is 16.3 Å². The third-order valence-corrected chi connectivity index (χ3v) is 4.02. The molecule has 3 rings (SSSR count). The third kappa shape index (κ3) is 2.12. The Morgan fingerprint density at radius 3 is 3.00 bits per heavy atom. The second kappa shape index (κ2) is 4.89. The first-order valence-corrected chi connectivity index (χ1v) is 6.68. The largest absolute Gasteiger partial charge is 0.373 e. The van der Waals surface area contributed by atoms with Crippen LogP contribution in [0.15, 0.2) is 36.5 Å². The lowest BCUT2D eigenvalue weighted by atomic mass is 9.86. The average molecular weight is 257 g/mol. The van der Waals surface area contributed by atoms with Crippen molar-refractivity contribution in [2.45, 2.75) is 31.4 Å². The molecule has 0 radical (unpaired) electrons. The van der Waals surface area contributed by atoms with Gasteiger partial charge in [-0.05, 0) is 37.5 Å². The quantitative estimate of drug-likeness (QED) is 0.654. The van der Waals surface area contributed by atoms with Crippen LogP contribution in [-0.2, 0) is 4.74 Å². The van der Waals surface area contributed by atoms with E-state index >= 15 is 0 Å². The molecular weight excluding hydrogens is 238 g/mol. The first kappa shape index (κ1) is 12.5. The van der Waals surface area contributed by atoms with Crippen molar-refractivity contribution in [2.75, 3.05) is 6.61 Å². The van der Waals surface area contributed by atoms with Gasteiger partial charge in [-0.25, -0.2) is 0 Å². The van der Waals surface area contributed by atoms with Gasteiger partial charge < -0.3 is 4.74 Å². The average Bonchev–Trinajstić information content (AvgIpc) is 2.87. The maximum Gasteiger partial charge on any atom is 0.0862 e. The molecule has 2 atom stereocenters. The van der Waals surface area contributed by atoms with Gasteiger partial charge in [-0.2, -0.15) is 0 Å². The lowest BCUT2D eigenvalue weighted by molar-refractivity contribution is -0.0121. The summed E-state index contributed by atoms with van der Waals surface area (Å²) >= 11 is 0. The van der Waals surface area contributed by atoms with Gasteiger partial charge >= 0.3 is 0 Å². The van der Waals surface area contributed by atoms with Crippen molar-refractivity contribution in [3.05, 3.63) is 42.1 Å². The number of hydrogen-bond acceptors (Lipinski definition) is 4. The highest BCUT2D eigenvalue weighted by atomic mass is 16.5. The van der Waals surface area contributed by atoms with Gasteiger partial charge in [0.15, 0.2) is 0 Å². The molecule has 0 bridgehead atoms. The van der Waals surface area contributed by atoms with Crippen LogP contribution in [0.3, 0.4) is 0 Å². The van der Waals surface area contributed by atoms with Crippen molar-refractivity contribution in [1.82, 2.24) is 10.4 Å². The SMILES string of the molecule is CC1(C(NN)c2cccc3ncccc23)CCCO1. The summed E-state index contributed by atoms with van der Waals surface area (Å²) in [7, 11) is 0. The number of hydrogen-bond donors (Lipinski definition) is 2. The number of fused-ring (bicyclic) bond motifs is 1. The molecule has 0 saturated carbocycles. The predicted octanol–water partition coefficient (Wildman–Crippen LogP) is 2.31. The summed E-state index contributed by atoms with van der Waals surface area (Å²) in [6.45, 7) is 2.93. The Morgan fingerprint density at radius 1 is 1.37 bits per heavy atom. The molecule has 19 heavy (non-hydrogen) atoms. The molecule has 1 aromatic heterocycles. The molecule has 1 aliphatic heterocycles. The Hall–Kier alpha value is -1.49. The van der Waals surface area contributed by atoms with Crippen LogP contribution in [0.5, 0.6) is 0 Å². The molecule has 2 heterocycles. The van der Waals surface area contributed by atoms with Crippen LogP contribution in [0.2, 0.25) is 0 Å². The summed E-state index contributed by atoms with van der Waals surface area (Å²) in [5, 5.41) is 1.13. The monoisotopic (exact) mass is 257 g/mol. The fourth-order valence-electron chi connectivity index (χ4n) is 3.00. The van der Waals surface area contributed by atoms with Crippen molar-refractivity contribution >= 4 is 10.9 Å². The Balaban J connectivity index is 2.11. The molecule has 4 nitrogen and oxygen atoms in total. The minimum absolute atomic E-state index is 0.0251. The van der Waals surface area contributed by atoms with Crippen LogP contribution in [0, 0.1) is 0 Å². The topological polar surface area (TPSA) is 60.2 Å². The van der Waals surface area contributed by atoms with Gasteiger partial charge in [0.2, 0.25) is 0 Å².